The molecule has 1 rings (SSSR count). The molecular formula is C12H16O3. The van der Waals surface area contributed by atoms with Gasteiger partial charge >= 0.3 is 5.97 Å². The predicted octanol–water partition coefficient (Wildman–Crippen LogP) is 2.61. The number of hydrogen-bond donors (Lipinski definition) is 0. The number of ether oxygens (including phenoxy) is 2. The first-order chi connectivity index (χ1) is 7.10. The van der Waals surface area contributed by atoms with Crippen molar-refractivity contribution in [1.29, 1.82) is 0 Å². The van der Waals surface area contributed by atoms with E-state index in [2.05, 4.69) is 18.6 Å². The second kappa shape index (κ2) is 4.82. The molecule has 0 radical (unpaired) electrons. The van der Waals surface area contributed by atoms with Gasteiger partial charge < -0.3 is 9.47 Å². The van der Waals surface area contributed by atoms with Crippen molar-refractivity contribution in [3.63, 3.8) is 0 Å². The molecule has 0 aliphatic heterocycles. The van der Waals surface area contributed by atoms with Crippen LogP contribution < -0.4 is 4.74 Å². The molecule has 0 heterocycles. The molecule has 1 aromatic rings. The van der Waals surface area contributed by atoms with Crippen molar-refractivity contribution >= 4 is 5.97 Å². The monoisotopic (exact) mass is 208 g/mol. The Kier molecular flexibility index (Phi) is 3.72. The summed E-state index contributed by atoms with van der Waals surface area (Å²) in [7, 11) is 2.97. The second-order valence-corrected chi connectivity index (χ2v) is 3.60. The lowest BCUT2D eigenvalue weighted by molar-refractivity contribution is 0.0600. The highest BCUT2D eigenvalue weighted by Crippen LogP contribution is 2.27. The average molecular weight is 208 g/mol. The molecule has 82 valence electrons. The maximum atomic E-state index is 11.3. The van der Waals surface area contributed by atoms with Crippen LogP contribution in [0.25, 0.3) is 0 Å². The van der Waals surface area contributed by atoms with Gasteiger partial charge in [0, 0.05) is 0 Å². The van der Waals surface area contributed by atoms with E-state index in [1.165, 1.54) is 7.11 Å². The van der Waals surface area contributed by atoms with Crippen molar-refractivity contribution in [2.75, 3.05) is 14.2 Å². The van der Waals surface area contributed by atoms with Crippen LogP contribution >= 0.6 is 0 Å². The van der Waals surface area contributed by atoms with Crippen molar-refractivity contribution in [2.45, 2.75) is 19.8 Å². The fourth-order valence-corrected chi connectivity index (χ4v) is 1.43. The summed E-state index contributed by atoms with van der Waals surface area (Å²) < 4.78 is 9.88. The summed E-state index contributed by atoms with van der Waals surface area (Å²) in [5.74, 6) is 0.753. The van der Waals surface area contributed by atoms with E-state index in [4.69, 9.17) is 4.74 Å². The first-order valence-electron chi connectivity index (χ1n) is 4.86. The van der Waals surface area contributed by atoms with Gasteiger partial charge in [-0.2, -0.15) is 0 Å². The standard InChI is InChI=1S/C12H16O3/c1-8(2)10-6-5-9(12(13)15-4)7-11(10)14-3/h5-8H,1-4H3. The lowest BCUT2D eigenvalue weighted by Gasteiger charge is -2.12. The Hall–Kier alpha value is -1.51. The van der Waals surface area contributed by atoms with Gasteiger partial charge in [-0.25, -0.2) is 4.79 Å². The van der Waals surface area contributed by atoms with Gasteiger partial charge in [0.2, 0.25) is 0 Å². The minimum Gasteiger partial charge on any atom is -0.496 e. The summed E-state index contributed by atoms with van der Waals surface area (Å²) >= 11 is 0. The van der Waals surface area contributed by atoms with Gasteiger partial charge in [-0.1, -0.05) is 19.9 Å². The van der Waals surface area contributed by atoms with Crippen LogP contribution in [0.15, 0.2) is 18.2 Å². The number of benzene rings is 1. The molecule has 0 atom stereocenters. The molecule has 0 spiro atoms. The Balaban J connectivity index is 3.13. The Morgan fingerprint density at radius 3 is 2.40 bits per heavy atom. The van der Waals surface area contributed by atoms with Crippen LogP contribution in [0.2, 0.25) is 0 Å². The van der Waals surface area contributed by atoms with Gasteiger partial charge in [-0.3, -0.25) is 0 Å². The quantitative estimate of drug-likeness (QED) is 0.716. The van der Waals surface area contributed by atoms with Gasteiger partial charge in [-0.05, 0) is 23.6 Å². The Labute approximate surface area is 90.0 Å². The molecular weight excluding hydrogens is 192 g/mol. The van der Waals surface area contributed by atoms with E-state index >= 15 is 0 Å². The van der Waals surface area contributed by atoms with Gasteiger partial charge in [0.25, 0.3) is 0 Å². The van der Waals surface area contributed by atoms with Crippen LogP contribution in [0, 0.1) is 0 Å². The van der Waals surface area contributed by atoms with E-state index in [0.717, 1.165) is 11.3 Å². The zero-order valence-corrected chi connectivity index (χ0v) is 9.53. The van der Waals surface area contributed by atoms with Crippen LogP contribution in [-0.4, -0.2) is 20.2 Å². The SMILES string of the molecule is COC(=O)c1ccc(C(C)C)c(OC)c1. The summed E-state index contributed by atoms with van der Waals surface area (Å²) in [5.41, 5.74) is 1.60. The van der Waals surface area contributed by atoms with Gasteiger partial charge in [0.05, 0.1) is 19.8 Å². The molecule has 0 unspecified atom stereocenters. The van der Waals surface area contributed by atoms with Crippen LogP contribution in [0.1, 0.15) is 35.7 Å². The zero-order chi connectivity index (χ0) is 11.4. The normalized spacial score (nSPS) is 10.2. The van der Waals surface area contributed by atoms with Gasteiger partial charge in [0.15, 0.2) is 0 Å². The maximum Gasteiger partial charge on any atom is 0.337 e. The number of hydrogen-bond acceptors (Lipinski definition) is 3. The highest BCUT2D eigenvalue weighted by Gasteiger charge is 2.11. The van der Waals surface area contributed by atoms with Gasteiger partial charge in [0.1, 0.15) is 5.75 Å². The van der Waals surface area contributed by atoms with E-state index in [1.54, 1.807) is 19.2 Å². The van der Waals surface area contributed by atoms with E-state index in [9.17, 15) is 4.79 Å². The van der Waals surface area contributed by atoms with Crippen molar-refractivity contribution in [3.8, 4) is 5.75 Å². The molecule has 0 bridgehead atoms. The summed E-state index contributed by atoms with van der Waals surface area (Å²) in [6.45, 7) is 4.16. The van der Waals surface area contributed by atoms with Crippen molar-refractivity contribution in [3.05, 3.63) is 29.3 Å². The molecule has 3 nitrogen and oxygen atoms in total. The molecule has 15 heavy (non-hydrogen) atoms. The van der Waals surface area contributed by atoms with Crippen LogP contribution in [0.5, 0.6) is 5.75 Å². The molecule has 0 saturated heterocycles. The largest absolute Gasteiger partial charge is 0.496 e. The first-order valence-corrected chi connectivity index (χ1v) is 4.86. The third-order valence-electron chi connectivity index (χ3n) is 2.28. The molecule has 0 amide bonds. The Morgan fingerprint density at radius 2 is 1.93 bits per heavy atom. The van der Waals surface area contributed by atoms with Crippen molar-refractivity contribution < 1.29 is 14.3 Å². The van der Waals surface area contributed by atoms with E-state index in [0.29, 0.717) is 11.5 Å². The molecule has 0 aliphatic carbocycles. The van der Waals surface area contributed by atoms with Crippen molar-refractivity contribution in [1.82, 2.24) is 0 Å². The average Bonchev–Trinajstić information content (AvgIpc) is 2.26. The second-order valence-electron chi connectivity index (χ2n) is 3.60. The smallest absolute Gasteiger partial charge is 0.337 e. The van der Waals surface area contributed by atoms with Gasteiger partial charge in [-0.15, -0.1) is 0 Å². The fourth-order valence-electron chi connectivity index (χ4n) is 1.43. The summed E-state index contributed by atoms with van der Waals surface area (Å²) in [5, 5.41) is 0. The van der Waals surface area contributed by atoms with Crippen LogP contribution in [0.4, 0.5) is 0 Å². The lowest BCUT2D eigenvalue weighted by atomic mass is 10.0. The third-order valence-corrected chi connectivity index (χ3v) is 2.28. The predicted molar refractivity (Wildman–Crippen MR) is 58.4 cm³/mol. The number of esters is 1. The molecule has 1 aromatic carbocycles. The molecule has 3 heteroatoms. The fraction of sp³-hybridized carbons (Fsp3) is 0.417. The maximum absolute atomic E-state index is 11.3. The minimum absolute atomic E-state index is 0.344. The minimum atomic E-state index is -0.344. The number of rotatable bonds is 3. The van der Waals surface area contributed by atoms with E-state index < -0.39 is 0 Å². The summed E-state index contributed by atoms with van der Waals surface area (Å²) in [6, 6.07) is 5.36. The Bertz CT molecular complexity index is 356. The van der Waals surface area contributed by atoms with Crippen LogP contribution in [-0.2, 0) is 4.74 Å². The number of carbonyl (C=O) groups is 1. The lowest BCUT2D eigenvalue weighted by Crippen LogP contribution is -2.03. The molecule has 0 N–H and O–H groups in total. The highest BCUT2D eigenvalue weighted by molar-refractivity contribution is 5.89. The van der Waals surface area contributed by atoms with E-state index in [-0.39, 0.29) is 5.97 Å². The number of methoxy groups -OCH3 is 2. The van der Waals surface area contributed by atoms with Crippen molar-refractivity contribution in [2.24, 2.45) is 0 Å². The molecule has 0 fully saturated rings. The summed E-state index contributed by atoms with van der Waals surface area (Å²) in [6.07, 6.45) is 0. The highest BCUT2D eigenvalue weighted by atomic mass is 16.5. The molecule has 0 saturated carbocycles. The topological polar surface area (TPSA) is 35.5 Å². The third kappa shape index (κ3) is 2.49. The molecule has 0 aliphatic rings. The summed E-state index contributed by atoms with van der Waals surface area (Å²) in [4.78, 5) is 11.3. The zero-order valence-electron chi connectivity index (χ0n) is 9.53. The first kappa shape index (κ1) is 11.6. The Morgan fingerprint density at radius 1 is 1.27 bits per heavy atom. The molecule has 0 aromatic heterocycles. The number of carbonyl (C=O) groups excluding carboxylic acids is 1. The van der Waals surface area contributed by atoms with Crippen LogP contribution in [0.3, 0.4) is 0 Å². The van der Waals surface area contributed by atoms with E-state index in [1.807, 2.05) is 6.07 Å².